The van der Waals surface area contributed by atoms with Gasteiger partial charge in [-0.3, -0.25) is 9.78 Å². The minimum absolute atomic E-state index is 0.233. The maximum Gasteiger partial charge on any atom is 0.255 e. The van der Waals surface area contributed by atoms with Crippen molar-refractivity contribution in [3.05, 3.63) is 53.3 Å². The van der Waals surface area contributed by atoms with E-state index in [2.05, 4.69) is 35.0 Å². The molecular weight excluding hydrogens is 272 g/mol. The van der Waals surface area contributed by atoms with E-state index < -0.39 is 0 Å². The molecule has 1 aliphatic carbocycles. The van der Waals surface area contributed by atoms with Crippen LogP contribution in [0.25, 0.3) is 11.1 Å². The predicted octanol–water partition coefficient (Wildman–Crippen LogP) is 3.96. The van der Waals surface area contributed by atoms with Gasteiger partial charge in [0.25, 0.3) is 5.91 Å². The van der Waals surface area contributed by atoms with Crippen LogP contribution in [0.4, 0.5) is 0 Å². The fraction of sp³-hybridized carbons (Fsp3) is 0.368. The summed E-state index contributed by atoms with van der Waals surface area (Å²) in [4.78, 5) is 19.1. The van der Waals surface area contributed by atoms with Crippen molar-refractivity contribution in [2.75, 3.05) is 0 Å². The van der Waals surface area contributed by atoms with Crippen LogP contribution >= 0.6 is 0 Å². The fourth-order valence-electron chi connectivity index (χ4n) is 3.90. The number of rotatable bonds is 2. The molecule has 2 heterocycles. The molecule has 0 bridgehead atoms. The van der Waals surface area contributed by atoms with Gasteiger partial charge in [-0.05, 0) is 48.6 Å². The minimum atomic E-state index is 0.233. The van der Waals surface area contributed by atoms with Crippen molar-refractivity contribution in [2.24, 2.45) is 0 Å². The summed E-state index contributed by atoms with van der Waals surface area (Å²) in [5, 5.41) is 0. The van der Waals surface area contributed by atoms with Gasteiger partial charge in [0.05, 0.1) is 0 Å². The van der Waals surface area contributed by atoms with Crippen LogP contribution in [0.2, 0.25) is 0 Å². The van der Waals surface area contributed by atoms with Crippen molar-refractivity contribution in [2.45, 2.75) is 45.2 Å². The highest BCUT2D eigenvalue weighted by molar-refractivity contribution is 6.00. The molecule has 0 radical (unpaired) electrons. The smallest absolute Gasteiger partial charge is 0.255 e. The van der Waals surface area contributed by atoms with Crippen LogP contribution in [0.1, 0.15) is 47.2 Å². The summed E-state index contributed by atoms with van der Waals surface area (Å²) in [6.45, 7) is 2.82. The number of aromatic nitrogens is 1. The highest BCUT2D eigenvalue weighted by Crippen LogP contribution is 2.35. The molecule has 22 heavy (non-hydrogen) atoms. The third kappa shape index (κ3) is 2.12. The molecule has 0 atom stereocenters. The molecule has 112 valence electrons. The molecule has 0 spiro atoms. The number of pyridine rings is 1. The number of hydrogen-bond acceptors (Lipinski definition) is 2. The van der Waals surface area contributed by atoms with E-state index in [0.29, 0.717) is 6.04 Å². The Bertz CT molecular complexity index is 718. The van der Waals surface area contributed by atoms with Gasteiger partial charge in [-0.25, -0.2) is 0 Å². The van der Waals surface area contributed by atoms with E-state index in [-0.39, 0.29) is 5.91 Å². The van der Waals surface area contributed by atoms with E-state index in [0.717, 1.165) is 41.6 Å². The van der Waals surface area contributed by atoms with Gasteiger partial charge in [0.2, 0.25) is 0 Å². The van der Waals surface area contributed by atoms with Crippen LogP contribution < -0.4 is 0 Å². The summed E-state index contributed by atoms with van der Waals surface area (Å²) in [6, 6.07) is 8.76. The lowest BCUT2D eigenvalue weighted by atomic mass is 9.97. The second-order valence-electron chi connectivity index (χ2n) is 6.44. The number of nitrogens with zero attached hydrogens (tertiary/aromatic N) is 2. The third-order valence-electron chi connectivity index (χ3n) is 4.99. The Hall–Kier alpha value is -2.16. The molecule has 1 aromatic carbocycles. The number of aryl methyl sites for hydroxylation is 1. The molecule has 3 heteroatoms. The van der Waals surface area contributed by atoms with E-state index in [4.69, 9.17) is 0 Å². The standard InChI is InChI=1S/C19H20N2O/c1-13-9-15(14-5-4-8-20-11-14)10-16-12-21(19(22)18(13)16)17-6-2-3-7-17/h4-5,8-11,17H,2-3,6-7,12H2,1H3. The first-order valence-electron chi connectivity index (χ1n) is 8.09. The SMILES string of the molecule is Cc1cc(-c2cccnc2)cc2c1C(=O)N(C1CCCC1)C2. The summed E-state index contributed by atoms with van der Waals surface area (Å²) in [5.74, 6) is 0.233. The number of benzene rings is 1. The zero-order valence-electron chi connectivity index (χ0n) is 12.9. The fourth-order valence-corrected chi connectivity index (χ4v) is 3.90. The maximum absolute atomic E-state index is 12.8. The highest BCUT2D eigenvalue weighted by Gasteiger charge is 2.35. The minimum Gasteiger partial charge on any atom is -0.331 e. The zero-order chi connectivity index (χ0) is 15.1. The number of amides is 1. The first-order chi connectivity index (χ1) is 10.7. The molecule has 1 aromatic heterocycles. The van der Waals surface area contributed by atoms with E-state index in [1.165, 1.54) is 18.4 Å². The largest absolute Gasteiger partial charge is 0.331 e. The molecule has 4 rings (SSSR count). The summed E-state index contributed by atoms with van der Waals surface area (Å²) in [5.41, 5.74) is 5.46. The van der Waals surface area contributed by atoms with Crippen molar-refractivity contribution in [1.82, 2.24) is 9.88 Å². The molecule has 0 saturated heterocycles. The number of fused-ring (bicyclic) bond motifs is 1. The highest BCUT2D eigenvalue weighted by atomic mass is 16.2. The van der Waals surface area contributed by atoms with E-state index in [1.807, 2.05) is 12.3 Å². The average molecular weight is 292 g/mol. The monoisotopic (exact) mass is 292 g/mol. The predicted molar refractivity (Wildman–Crippen MR) is 86.5 cm³/mol. The Kier molecular flexibility index (Phi) is 3.21. The lowest BCUT2D eigenvalue weighted by Gasteiger charge is -2.23. The van der Waals surface area contributed by atoms with E-state index in [1.54, 1.807) is 6.20 Å². The van der Waals surface area contributed by atoms with Gasteiger partial charge in [0.1, 0.15) is 0 Å². The summed E-state index contributed by atoms with van der Waals surface area (Å²) < 4.78 is 0. The summed E-state index contributed by atoms with van der Waals surface area (Å²) >= 11 is 0. The van der Waals surface area contributed by atoms with Crippen molar-refractivity contribution in [1.29, 1.82) is 0 Å². The van der Waals surface area contributed by atoms with Crippen molar-refractivity contribution < 1.29 is 4.79 Å². The van der Waals surface area contributed by atoms with Crippen LogP contribution in [-0.4, -0.2) is 21.8 Å². The quantitative estimate of drug-likeness (QED) is 0.839. The second-order valence-corrected chi connectivity index (χ2v) is 6.44. The van der Waals surface area contributed by atoms with Crippen LogP contribution in [0, 0.1) is 6.92 Å². The summed E-state index contributed by atoms with van der Waals surface area (Å²) in [7, 11) is 0. The van der Waals surface area contributed by atoms with Gasteiger partial charge >= 0.3 is 0 Å². The lowest BCUT2D eigenvalue weighted by molar-refractivity contribution is 0.0706. The molecule has 1 amide bonds. The Labute approximate surface area is 131 Å². The van der Waals surface area contributed by atoms with Gasteiger partial charge < -0.3 is 4.90 Å². The van der Waals surface area contributed by atoms with Gasteiger partial charge in [0.15, 0.2) is 0 Å². The first-order valence-corrected chi connectivity index (χ1v) is 8.09. The molecular formula is C19H20N2O. The number of carbonyl (C=O) groups excluding carboxylic acids is 1. The Morgan fingerprint density at radius 2 is 2.00 bits per heavy atom. The van der Waals surface area contributed by atoms with Crippen LogP contribution in [-0.2, 0) is 6.54 Å². The molecule has 1 saturated carbocycles. The molecule has 2 aliphatic rings. The van der Waals surface area contributed by atoms with Crippen molar-refractivity contribution in [3.8, 4) is 11.1 Å². The molecule has 1 aliphatic heterocycles. The molecule has 2 aromatic rings. The second kappa shape index (κ2) is 5.24. The molecule has 0 unspecified atom stereocenters. The Morgan fingerprint density at radius 3 is 2.73 bits per heavy atom. The third-order valence-corrected chi connectivity index (χ3v) is 4.99. The number of carbonyl (C=O) groups is 1. The van der Waals surface area contributed by atoms with Gasteiger partial charge in [-0.1, -0.05) is 25.0 Å². The Morgan fingerprint density at radius 1 is 1.18 bits per heavy atom. The van der Waals surface area contributed by atoms with Crippen LogP contribution in [0.15, 0.2) is 36.7 Å². The topological polar surface area (TPSA) is 33.2 Å². The molecule has 1 fully saturated rings. The van der Waals surface area contributed by atoms with Crippen molar-refractivity contribution >= 4 is 5.91 Å². The zero-order valence-corrected chi connectivity index (χ0v) is 12.9. The molecule has 0 N–H and O–H groups in total. The normalized spacial score (nSPS) is 18.0. The van der Waals surface area contributed by atoms with Crippen LogP contribution in [0.5, 0.6) is 0 Å². The number of hydrogen-bond donors (Lipinski definition) is 0. The van der Waals surface area contributed by atoms with Crippen molar-refractivity contribution in [3.63, 3.8) is 0 Å². The first kappa shape index (κ1) is 13.5. The van der Waals surface area contributed by atoms with E-state index >= 15 is 0 Å². The maximum atomic E-state index is 12.8. The van der Waals surface area contributed by atoms with Gasteiger partial charge in [0, 0.05) is 36.1 Å². The lowest BCUT2D eigenvalue weighted by Crippen LogP contribution is -2.33. The van der Waals surface area contributed by atoms with E-state index in [9.17, 15) is 4.79 Å². The van der Waals surface area contributed by atoms with Crippen LogP contribution in [0.3, 0.4) is 0 Å². The Balaban J connectivity index is 1.73. The molecule has 3 nitrogen and oxygen atoms in total. The van der Waals surface area contributed by atoms with Gasteiger partial charge in [-0.15, -0.1) is 0 Å². The summed E-state index contributed by atoms with van der Waals surface area (Å²) in [6.07, 6.45) is 8.50. The van der Waals surface area contributed by atoms with Gasteiger partial charge in [-0.2, -0.15) is 0 Å². The average Bonchev–Trinajstić information content (AvgIpc) is 3.16.